The van der Waals surface area contributed by atoms with Gasteiger partial charge in [0.1, 0.15) is 11.5 Å². The Morgan fingerprint density at radius 1 is 1.41 bits per heavy atom. The standard InChI is InChI=1S/C9H9BrF3NO3/c10-5-2-7(16)4(6(14)3-15)1-8(5)17-9(11,12)13/h1-2,6,15-16H,3,14H2/t6-/m0/s1. The van der Waals surface area contributed by atoms with Crippen LogP contribution < -0.4 is 10.5 Å². The highest BCUT2D eigenvalue weighted by Crippen LogP contribution is 2.37. The van der Waals surface area contributed by atoms with Crippen LogP contribution in [0.3, 0.4) is 0 Å². The Bertz CT molecular complexity index is 411. The van der Waals surface area contributed by atoms with Gasteiger partial charge in [-0.05, 0) is 28.1 Å². The molecular formula is C9H9BrF3NO3. The molecule has 0 spiro atoms. The minimum absolute atomic E-state index is 0.0325. The number of ether oxygens (including phenoxy) is 1. The Balaban J connectivity index is 3.15. The van der Waals surface area contributed by atoms with Crippen LogP contribution in [0.25, 0.3) is 0 Å². The van der Waals surface area contributed by atoms with Gasteiger partial charge in [0.05, 0.1) is 17.1 Å². The molecule has 0 aliphatic rings. The van der Waals surface area contributed by atoms with Crippen LogP contribution in [0, 0.1) is 0 Å². The third kappa shape index (κ3) is 3.76. The molecule has 1 aromatic rings. The molecule has 4 N–H and O–H groups in total. The Morgan fingerprint density at radius 2 is 2.00 bits per heavy atom. The van der Waals surface area contributed by atoms with Gasteiger partial charge in [0, 0.05) is 5.56 Å². The smallest absolute Gasteiger partial charge is 0.508 e. The number of hydrogen-bond donors (Lipinski definition) is 3. The van der Waals surface area contributed by atoms with E-state index in [-0.39, 0.29) is 15.8 Å². The average molecular weight is 316 g/mol. The first kappa shape index (κ1) is 14.1. The number of phenols is 1. The molecule has 17 heavy (non-hydrogen) atoms. The van der Waals surface area contributed by atoms with Crippen LogP contribution in [0.1, 0.15) is 11.6 Å². The molecule has 0 fully saturated rings. The molecule has 0 heterocycles. The van der Waals surface area contributed by atoms with Gasteiger partial charge in [-0.15, -0.1) is 13.2 Å². The molecule has 0 saturated carbocycles. The number of aliphatic hydroxyl groups is 1. The highest BCUT2D eigenvalue weighted by atomic mass is 79.9. The second kappa shape index (κ2) is 5.11. The molecule has 1 atom stereocenters. The second-order valence-corrected chi connectivity index (χ2v) is 4.03. The van der Waals surface area contributed by atoms with Crippen molar-refractivity contribution >= 4 is 15.9 Å². The van der Waals surface area contributed by atoms with E-state index in [4.69, 9.17) is 10.8 Å². The molecule has 8 heteroatoms. The third-order valence-corrected chi connectivity index (χ3v) is 2.52. The number of phenolic OH excluding ortho intramolecular Hbond substituents is 1. The van der Waals surface area contributed by atoms with Crippen LogP contribution in [-0.2, 0) is 0 Å². The minimum atomic E-state index is -4.85. The molecule has 4 nitrogen and oxygen atoms in total. The summed E-state index contributed by atoms with van der Waals surface area (Å²) in [5.41, 5.74) is 5.38. The summed E-state index contributed by atoms with van der Waals surface area (Å²) in [6.07, 6.45) is -4.85. The average Bonchev–Trinajstić information content (AvgIpc) is 2.19. The summed E-state index contributed by atoms with van der Waals surface area (Å²) < 4.78 is 39.8. The number of aliphatic hydroxyl groups excluding tert-OH is 1. The van der Waals surface area contributed by atoms with Crippen LogP contribution in [0.4, 0.5) is 13.2 Å². The van der Waals surface area contributed by atoms with E-state index in [0.717, 1.165) is 12.1 Å². The Kier molecular flexibility index (Phi) is 4.23. The topological polar surface area (TPSA) is 75.7 Å². The van der Waals surface area contributed by atoms with Gasteiger partial charge in [-0.2, -0.15) is 0 Å². The van der Waals surface area contributed by atoms with Crippen molar-refractivity contribution in [2.45, 2.75) is 12.4 Å². The van der Waals surface area contributed by atoms with Crippen molar-refractivity contribution in [3.8, 4) is 11.5 Å². The molecule has 0 aromatic heterocycles. The second-order valence-electron chi connectivity index (χ2n) is 3.18. The van der Waals surface area contributed by atoms with Gasteiger partial charge in [0.2, 0.25) is 0 Å². The molecule has 0 amide bonds. The van der Waals surface area contributed by atoms with E-state index in [1.54, 1.807) is 0 Å². The molecule has 1 rings (SSSR count). The lowest BCUT2D eigenvalue weighted by Gasteiger charge is -2.15. The Labute approximate surface area is 103 Å². The van der Waals surface area contributed by atoms with Crippen LogP contribution in [0.5, 0.6) is 11.5 Å². The zero-order valence-corrected chi connectivity index (χ0v) is 9.92. The highest BCUT2D eigenvalue weighted by molar-refractivity contribution is 9.10. The lowest BCUT2D eigenvalue weighted by molar-refractivity contribution is -0.274. The summed E-state index contributed by atoms with van der Waals surface area (Å²) >= 11 is 2.82. The van der Waals surface area contributed by atoms with Crippen LogP contribution in [0.2, 0.25) is 0 Å². The first-order valence-corrected chi connectivity index (χ1v) is 5.18. The van der Waals surface area contributed by atoms with Crippen LogP contribution in [0.15, 0.2) is 16.6 Å². The van der Waals surface area contributed by atoms with E-state index in [0.29, 0.717) is 0 Å². The van der Waals surface area contributed by atoms with Gasteiger partial charge < -0.3 is 20.7 Å². The highest BCUT2D eigenvalue weighted by Gasteiger charge is 2.32. The normalized spacial score (nSPS) is 13.5. The van der Waals surface area contributed by atoms with E-state index < -0.39 is 24.8 Å². The maximum absolute atomic E-state index is 12.1. The summed E-state index contributed by atoms with van der Waals surface area (Å²) in [4.78, 5) is 0. The largest absolute Gasteiger partial charge is 0.573 e. The summed E-state index contributed by atoms with van der Waals surface area (Å²) in [6.45, 7) is -0.513. The monoisotopic (exact) mass is 315 g/mol. The first-order valence-electron chi connectivity index (χ1n) is 4.39. The van der Waals surface area contributed by atoms with Crippen molar-refractivity contribution in [3.05, 3.63) is 22.2 Å². The van der Waals surface area contributed by atoms with Gasteiger partial charge in [-0.1, -0.05) is 0 Å². The molecule has 0 bridgehead atoms. The molecule has 1 aromatic carbocycles. The maximum atomic E-state index is 12.1. The predicted octanol–water partition coefficient (Wildman–Crippen LogP) is 2.05. The van der Waals surface area contributed by atoms with Crippen LogP contribution in [-0.4, -0.2) is 23.2 Å². The number of hydrogen-bond acceptors (Lipinski definition) is 4. The molecule has 0 aliphatic carbocycles. The molecule has 0 saturated heterocycles. The Morgan fingerprint density at radius 3 is 2.47 bits per heavy atom. The number of alkyl halides is 3. The number of aromatic hydroxyl groups is 1. The molecule has 0 unspecified atom stereocenters. The number of halogens is 4. The van der Waals surface area contributed by atoms with Gasteiger partial charge in [-0.25, -0.2) is 0 Å². The fourth-order valence-corrected chi connectivity index (χ4v) is 1.57. The SMILES string of the molecule is N[C@@H](CO)c1cc(OC(F)(F)F)c(Br)cc1O. The molecule has 0 aliphatic heterocycles. The van der Waals surface area contributed by atoms with Crippen molar-refractivity contribution in [2.24, 2.45) is 5.73 Å². The molecule has 96 valence electrons. The van der Waals surface area contributed by atoms with Crippen molar-refractivity contribution in [3.63, 3.8) is 0 Å². The summed E-state index contributed by atoms with van der Waals surface area (Å²) in [5.74, 6) is -0.859. The number of rotatable bonds is 3. The van der Waals surface area contributed by atoms with Gasteiger partial charge in [-0.3, -0.25) is 0 Å². The van der Waals surface area contributed by atoms with Crippen molar-refractivity contribution in [2.75, 3.05) is 6.61 Å². The Hall–Kier alpha value is -0.990. The van der Waals surface area contributed by atoms with E-state index in [1.165, 1.54) is 0 Å². The quantitative estimate of drug-likeness (QED) is 0.798. The van der Waals surface area contributed by atoms with E-state index >= 15 is 0 Å². The summed E-state index contributed by atoms with van der Waals surface area (Å²) in [5, 5.41) is 18.3. The summed E-state index contributed by atoms with van der Waals surface area (Å²) in [7, 11) is 0. The summed E-state index contributed by atoms with van der Waals surface area (Å²) in [6, 6.07) is 0.957. The van der Waals surface area contributed by atoms with Gasteiger partial charge >= 0.3 is 6.36 Å². The van der Waals surface area contributed by atoms with Crippen LogP contribution >= 0.6 is 15.9 Å². The van der Waals surface area contributed by atoms with E-state index in [2.05, 4.69) is 20.7 Å². The van der Waals surface area contributed by atoms with Crippen molar-refractivity contribution in [1.82, 2.24) is 0 Å². The number of benzene rings is 1. The number of nitrogens with two attached hydrogens (primary N) is 1. The minimum Gasteiger partial charge on any atom is -0.508 e. The molecule has 0 radical (unpaired) electrons. The predicted molar refractivity (Wildman–Crippen MR) is 56.5 cm³/mol. The maximum Gasteiger partial charge on any atom is 0.573 e. The van der Waals surface area contributed by atoms with E-state index in [1.807, 2.05) is 0 Å². The lowest BCUT2D eigenvalue weighted by atomic mass is 10.1. The van der Waals surface area contributed by atoms with Gasteiger partial charge in [0.25, 0.3) is 0 Å². The van der Waals surface area contributed by atoms with E-state index in [9.17, 15) is 18.3 Å². The lowest BCUT2D eigenvalue weighted by Crippen LogP contribution is -2.19. The van der Waals surface area contributed by atoms with Crippen molar-refractivity contribution < 1.29 is 28.1 Å². The van der Waals surface area contributed by atoms with Gasteiger partial charge in [0.15, 0.2) is 0 Å². The first-order chi connectivity index (χ1) is 7.74. The third-order valence-electron chi connectivity index (χ3n) is 1.90. The van der Waals surface area contributed by atoms with Crippen molar-refractivity contribution in [1.29, 1.82) is 0 Å². The molecular weight excluding hydrogens is 307 g/mol. The fraction of sp³-hybridized carbons (Fsp3) is 0.333. The zero-order chi connectivity index (χ0) is 13.2. The fourth-order valence-electron chi connectivity index (χ4n) is 1.16. The zero-order valence-electron chi connectivity index (χ0n) is 8.33.